The number of fused-ring (bicyclic) bond motifs is 1. The summed E-state index contributed by atoms with van der Waals surface area (Å²) in [6.45, 7) is 10.1. The molecule has 5 heterocycles. The number of aliphatic imine (C=N–C) groups is 1. The van der Waals surface area contributed by atoms with Crippen molar-refractivity contribution in [1.29, 1.82) is 0 Å². The van der Waals surface area contributed by atoms with Crippen LogP contribution in [0.5, 0.6) is 5.88 Å². The van der Waals surface area contributed by atoms with Crippen molar-refractivity contribution < 1.29 is 19.0 Å². The van der Waals surface area contributed by atoms with Crippen molar-refractivity contribution in [3.05, 3.63) is 29.4 Å². The van der Waals surface area contributed by atoms with Gasteiger partial charge < -0.3 is 19.1 Å². The summed E-state index contributed by atoms with van der Waals surface area (Å²) in [7, 11) is 1.64. The molecule has 0 spiro atoms. The Morgan fingerprint density at radius 1 is 1.23 bits per heavy atom. The standard InChI is InChI=1S/C25H36N6O4/c1-17-12-31(16-28-22(17)33-4)30-9-6-21-20(14-30)23(27-15-26-21)35-19-5-8-29(13-19)24(32)18-7-10-34-25(2,3)11-18/h12,15,18-19H,5-11,13-14,16H2,1-4H3. The van der Waals surface area contributed by atoms with Gasteiger partial charge in [0.25, 0.3) is 0 Å². The topological polar surface area (TPSA) is 92.6 Å². The number of ether oxygens (including phenoxy) is 3. The van der Waals surface area contributed by atoms with Gasteiger partial charge in [-0.05, 0) is 33.6 Å². The molecule has 4 aliphatic heterocycles. The van der Waals surface area contributed by atoms with Crippen molar-refractivity contribution in [1.82, 2.24) is 24.9 Å². The lowest BCUT2D eigenvalue weighted by atomic mass is 9.87. The highest BCUT2D eigenvalue weighted by Gasteiger charge is 2.38. The first-order chi connectivity index (χ1) is 16.8. The molecule has 2 saturated heterocycles. The van der Waals surface area contributed by atoms with Crippen LogP contribution in [-0.4, -0.2) is 88.4 Å². The van der Waals surface area contributed by atoms with Gasteiger partial charge in [0.1, 0.15) is 19.1 Å². The van der Waals surface area contributed by atoms with Gasteiger partial charge >= 0.3 is 0 Å². The Bertz CT molecular complexity index is 1030. The summed E-state index contributed by atoms with van der Waals surface area (Å²) in [4.78, 5) is 28.7. The smallest absolute Gasteiger partial charge is 0.226 e. The third-order valence-corrected chi connectivity index (χ3v) is 7.32. The summed E-state index contributed by atoms with van der Waals surface area (Å²) in [6, 6.07) is 0. The molecule has 190 valence electrons. The van der Waals surface area contributed by atoms with Crippen LogP contribution >= 0.6 is 0 Å². The van der Waals surface area contributed by atoms with E-state index in [2.05, 4.69) is 45.0 Å². The maximum absolute atomic E-state index is 13.2. The minimum atomic E-state index is -0.237. The predicted molar refractivity (Wildman–Crippen MR) is 129 cm³/mol. The van der Waals surface area contributed by atoms with E-state index < -0.39 is 0 Å². The molecule has 0 N–H and O–H groups in total. The van der Waals surface area contributed by atoms with Gasteiger partial charge in [0.05, 0.1) is 37.1 Å². The first-order valence-electron chi connectivity index (χ1n) is 12.5. The van der Waals surface area contributed by atoms with Crippen molar-refractivity contribution in [2.45, 2.75) is 64.7 Å². The maximum atomic E-state index is 13.2. The van der Waals surface area contributed by atoms with E-state index >= 15 is 0 Å². The second kappa shape index (κ2) is 9.73. The summed E-state index contributed by atoms with van der Waals surface area (Å²) in [5.41, 5.74) is 2.80. The third-order valence-electron chi connectivity index (χ3n) is 7.32. The highest BCUT2D eigenvalue weighted by atomic mass is 16.5. The molecular formula is C25H36N6O4. The van der Waals surface area contributed by atoms with Gasteiger partial charge in [0, 0.05) is 50.2 Å². The molecule has 10 nitrogen and oxygen atoms in total. The molecule has 0 aliphatic carbocycles. The maximum Gasteiger partial charge on any atom is 0.226 e. The van der Waals surface area contributed by atoms with Gasteiger partial charge in [0.15, 0.2) is 0 Å². The van der Waals surface area contributed by atoms with Crippen LogP contribution in [0.15, 0.2) is 23.1 Å². The second-order valence-electron chi connectivity index (χ2n) is 10.4. The molecule has 2 fully saturated rings. The molecular weight excluding hydrogens is 448 g/mol. The van der Waals surface area contributed by atoms with Crippen LogP contribution < -0.4 is 4.74 Å². The number of carbonyl (C=O) groups is 1. The van der Waals surface area contributed by atoms with Gasteiger partial charge in [-0.15, -0.1) is 0 Å². The second-order valence-corrected chi connectivity index (χ2v) is 10.4. The molecule has 4 aliphatic rings. The molecule has 1 amide bonds. The lowest BCUT2D eigenvalue weighted by molar-refractivity contribution is -0.144. The van der Waals surface area contributed by atoms with Crippen LogP contribution in [0.4, 0.5) is 0 Å². The Kier molecular flexibility index (Phi) is 6.67. The number of hydrogen-bond acceptors (Lipinski definition) is 9. The van der Waals surface area contributed by atoms with Crippen LogP contribution in [0.25, 0.3) is 0 Å². The lowest BCUT2D eigenvalue weighted by Gasteiger charge is -2.38. The fraction of sp³-hybridized carbons (Fsp3) is 0.680. The molecule has 0 bridgehead atoms. The van der Waals surface area contributed by atoms with E-state index in [0.717, 1.165) is 55.6 Å². The molecule has 0 saturated carbocycles. The number of methoxy groups -OCH3 is 1. The number of amides is 1. The van der Waals surface area contributed by atoms with E-state index in [0.29, 0.717) is 38.1 Å². The van der Waals surface area contributed by atoms with Gasteiger partial charge in [-0.3, -0.25) is 9.80 Å². The van der Waals surface area contributed by atoms with Gasteiger partial charge in [-0.25, -0.2) is 20.0 Å². The van der Waals surface area contributed by atoms with Gasteiger partial charge in [-0.1, -0.05) is 0 Å². The molecule has 10 heteroatoms. The van der Waals surface area contributed by atoms with Crippen molar-refractivity contribution in [2.24, 2.45) is 10.9 Å². The average molecular weight is 485 g/mol. The van der Waals surface area contributed by atoms with E-state index in [1.165, 1.54) is 0 Å². The summed E-state index contributed by atoms with van der Waals surface area (Å²) in [5, 5.41) is 4.36. The fourth-order valence-corrected chi connectivity index (χ4v) is 5.48. The van der Waals surface area contributed by atoms with Crippen LogP contribution in [0.2, 0.25) is 0 Å². The zero-order valence-corrected chi connectivity index (χ0v) is 21.2. The van der Waals surface area contributed by atoms with Crippen LogP contribution in [-0.2, 0) is 27.2 Å². The monoisotopic (exact) mass is 484 g/mol. The van der Waals surface area contributed by atoms with E-state index in [1.54, 1.807) is 13.4 Å². The first kappa shape index (κ1) is 24.0. The van der Waals surface area contributed by atoms with Crippen LogP contribution in [0.3, 0.4) is 0 Å². The number of aromatic nitrogens is 2. The van der Waals surface area contributed by atoms with Gasteiger partial charge in [-0.2, -0.15) is 0 Å². The molecule has 2 unspecified atom stereocenters. The highest BCUT2D eigenvalue weighted by Crippen LogP contribution is 2.32. The van der Waals surface area contributed by atoms with Gasteiger partial charge in [0.2, 0.25) is 17.7 Å². The third kappa shape index (κ3) is 5.13. The predicted octanol–water partition coefficient (Wildman–Crippen LogP) is 2.16. The zero-order valence-electron chi connectivity index (χ0n) is 21.2. The quantitative estimate of drug-likeness (QED) is 0.642. The van der Waals surface area contributed by atoms with E-state index in [-0.39, 0.29) is 23.5 Å². The molecule has 5 rings (SSSR count). The Morgan fingerprint density at radius 3 is 2.86 bits per heavy atom. The lowest BCUT2D eigenvalue weighted by Crippen LogP contribution is -2.44. The number of hydrogen-bond donors (Lipinski definition) is 0. The summed E-state index contributed by atoms with van der Waals surface area (Å²) in [6.07, 6.45) is 6.78. The van der Waals surface area contributed by atoms with Crippen molar-refractivity contribution >= 4 is 11.8 Å². The molecule has 0 radical (unpaired) electrons. The fourth-order valence-electron chi connectivity index (χ4n) is 5.48. The Balaban J connectivity index is 1.23. The molecule has 35 heavy (non-hydrogen) atoms. The molecule has 1 aromatic heterocycles. The minimum absolute atomic E-state index is 0.0280. The number of rotatable bonds is 4. The van der Waals surface area contributed by atoms with E-state index in [1.807, 2.05) is 11.8 Å². The van der Waals surface area contributed by atoms with Crippen molar-refractivity contribution in [3.8, 4) is 5.88 Å². The summed E-state index contributed by atoms with van der Waals surface area (Å²) >= 11 is 0. The molecule has 1 aromatic rings. The van der Waals surface area contributed by atoms with Crippen molar-refractivity contribution in [3.63, 3.8) is 0 Å². The SMILES string of the molecule is COC1=NCN(N2CCc3ncnc(OC4CCN(C(=O)C5CCOC(C)(C)C5)C4)c3C2)C=C1C. The number of carbonyl (C=O) groups excluding carboxylic acids is 1. The molecule has 0 aromatic carbocycles. The largest absolute Gasteiger partial charge is 0.481 e. The first-order valence-corrected chi connectivity index (χ1v) is 12.5. The van der Waals surface area contributed by atoms with Crippen molar-refractivity contribution in [2.75, 3.05) is 40.0 Å². The highest BCUT2D eigenvalue weighted by molar-refractivity contribution is 5.93. The number of nitrogens with zero attached hydrogens (tertiary/aromatic N) is 6. The minimum Gasteiger partial charge on any atom is -0.481 e. The normalized spacial score (nSPS) is 26.6. The summed E-state index contributed by atoms with van der Waals surface area (Å²) in [5.74, 6) is 1.56. The van der Waals surface area contributed by atoms with E-state index in [9.17, 15) is 4.79 Å². The molecule has 2 atom stereocenters. The summed E-state index contributed by atoms with van der Waals surface area (Å²) < 4.78 is 17.5. The van der Waals surface area contributed by atoms with E-state index in [4.69, 9.17) is 14.2 Å². The van der Waals surface area contributed by atoms with Crippen LogP contribution in [0, 0.1) is 5.92 Å². The average Bonchev–Trinajstić information content (AvgIpc) is 3.31. The zero-order chi connectivity index (χ0) is 24.6. The number of hydrazine groups is 1. The number of likely N-dealkylation sites (tertiary alicyclic amines) is 1. The Labute approximate surface area is 206 Å². The van der Waals surface area contributed by atoms with Crippen LogP contribution in [0.1, 0.15) is 51.3 Å². The Hall–Kier alpha value is -2.72. The Morgan fingerprint density at radius 2 is 2.09 bits per heavy atom.